The molecule has 0 unspecified atom stereocenters. The van der Waals surface area contributed by atoms with Gasteiger partial charge in [0.1, 0.15) is 23.8 Å². The van der Waals surface area contributed by atoms with Crippen LogP contribution in [0.4, 0.5) is 0 Å². The van der Waals surface area contributed by atoms with Crippen LogP contribution in [-0.2, 0) is 10.1 Å². The van der Waals surface area contributed by atoms with Crippen LogP contribution in [0.15, 0.2) is 43.0 Å². The van der Waals surface area contributed by atoms with E-state index in [0.29, 0.717) is 6.26 Å². The van der Waals surface area contributed by atoms with Crippen molar-refractivity contribution in [1.29, 1.82) is 0 Å². The molecule has 0 aliphatic rings. The second-order valence-corrected chi connectivity index (χ2v) is 8.84. The van der Waals surface area contributed by atoms with E-state index in [1.807, 2.05) is 0 Å². The lowest BCUT2D eigenvalue weighted by atomic mass is 10.0. The van der Waals surface area contributed by atoms with Crippen LogP contribution >= 0.6 is 0 Å². The van der Waals surface area contributed by atoms with Gasteiger partial charge in [0.05, 0.1) is 10.1 Å². The number of nitrogens with zero attached hydrogens (tertiary/aromatic N) is 2. The highest BCUT2D eigenvalue weighted by Crippen LogP contribution is 2.21. The maximum absolute atomic E-state index is 9.08. The third-order valence-electron chi connectivity index (χ3n) is 4.42. The van der Waals surface area contributed by atoms with Crippen molar-refractivity contribution in [2.45, 2.75) is 41.5 Å². The van der Waals surface area contributed by atoms with Crippen molar-refractivity contribution in [1.82, 2.24) is 4.57 Å². The van der Waals surface area contributed by atoms with Crippen molar-refractivity contribution >= 4 is 10.1 Å². The van der Waals surface area contributed by atoms with Gasteiger partial charge in [-0.3, -0.25) is 0 Å². The number of aryl methyl sites for hydroxylation is 6. The molecule has 5 nitrogen and oxygen atoms in total. The first-order valence-electron chi connectivity index (χ1n) is 9.03. The Morgan fingerprint density at radius 1 is 0.821 bits per heavy atom. The summed E-state index contributed by atoms with van der Waals surface area (Å²) in [7, 11) is -3.92. The number of benzene rings is 2. The first-order valence-corrected chi connectivity index (χ1v) is 10.8. The molecule has 1 heterocycles. The van der Waals surface area contributed by atoms with Gasteiger partial charge in [0.15, 0.2) is 0 Å². The first kappa shape index (κ1) is 21.9. The summed E-state index contributed by atoms with van der Waals surface area (Å²) in [5, 5.41) is 0. The highest BCUT2D eigenvalue weighted by Gasteiger charge is 2.16. The van der Waals surface area contributed by atoms with Gasteiger partial charge < -0.3 is 4.55 Å². The summed E-state index contributed by atoms with van der Waals surface area (Å²) in [6.45, 7) is 13.0. The predicted molar refractivity (Wildman–Crippen MR) is 111 cm³/mol. The minimum Gasteiger partial charge on any atom is -0.748 e. The Bertz CT molecular complexity index is 987. The normalized spacial score (nSPS) is 11.1. The molecular weight excluding hydrogens is 372 g/mol. The largest absolute Gasteiger partial charge is 0.748 e. The standard InChI is InChI=1S/C21H25N2.CH4O3S/c1-14-9-16(3)20(17(4)10-14)22-7-8-23(13-22)21-18(5)11-15(2)12-19(21)6;1-5(2,3)4/h7-13H,1-6H3;1H3,(H,2,3,4)/q+1;/p-1. The maximum atomic E-state index is 9.08. The fraction of sp³-hybridized carbons (Fsp3) is 0.318. The lowest BCUT2D eigenvalue weighted by Crippen LogP contribution is -2.30. The molecule has 1 aromatic heterocycles. The van der Waals surface area contributed by atoms with Crippen molar-refractivity contribution in [2.75, 3.05) is 6.26 Å². The Hall–Kier alpha value is -2.44. The first-order chi connectivity index (χ1) is 12.9. The summed E-state index contributed by atoms with van der Waals surface area (Å²) in [5.74, 6) is 0. The van der Waals surface area contributed by atoms with Crippen LogP contribution in [0.5, 0.6) is 0 Å². The molecular formula is C22H28N2O3S. The molecule has 150 valence electrons. The molecule has 0 radical (unpaired) electrons. The monoisotopic (exact) mass is 400 g/mol. The van der Waals surface area contributed by atoms with E-state index in [2.05, 4.69) is 93.7 Å². The van der Waals surface area contributed by atoms with Crippen LogP contribution in [0.3, 0.4) is 0 Å². The van der Waals surface area contributed by atoms with Gasteiger partial charge in [-0.1, -0.05) is 35.4 Å². The van der Waals surface area contributed by atoms with Crippen LogP contribution in [0, 0.1) is 41.5 Å². The summed E-state index contributed by atoms with van der Waals surface area (Å²) in [4.78, 5) is 0. The molecule has 28 heavy (non-hydrogen) atoms. The Balaban J connectivity index is 0.000000500. The number of imidazole rings is 1. The second-order valence-electron chi connectivity index (χ2n) is 7.43. The van der Waals surface area contributed by atoms with E-state index in [4.69, 9.17) is 13.0 Å². The lowest BCUT2D eigenvalue weighted by molar-refractivity contribution is -0.595. The highest BCUT2D eigenvalue weighted by atomic mass is 32.2. The Morgan fingerprint density at radius 3 is 1.64 bits per heavy atom. The average Bonchev–Trinajstić information content (AvgIpc) is 2.92. The molecule has 0 aliphatic carbocycles. The van der Waals surface area contributed by atoms with Gasteiger partial charge in [-0.25, -0.2) is 17.6 Å². The van der Waals surface area contributed by atoms with Crippen LogP contribution in [-0.4, -0.2) is 23.8 Å². The van der Waals surface area contributed by atoms with E-state index in [0.717, 1.165) is 0 Å². The minimum absolute atomic E-state index is 0.604. The van der Waals surface area contributed by atoms with Gasteiger partial charge in [0.2, 0.25) is 0 Å². The zero-order chi connectivity index (χ0) is 21.2. The smallest absolute Gasteiger partial charge is 0.254 e. The summed E-state index contributed by atoms with van der Waals surface area (Å²) < 4.78 is 31.7. The van der Waals surface area contributed by atoms with Gasteiger partial charge in [0.25, 0.3) is 6.33 Å². The number of rotatable bonds is 2. The molecule has 0 saturated heterocycles. The molecule has 3 rings (SSSR count). The van der Waals surface area contributed by atoms with Crippen molar-refractivity contribution in [3.05, 3.63) is 76.4 Å². The molecule has 0 bridgehead atoms. The summed E-state index contributed by atoms with van der Waals surface area (Å²) in [6, 6.07) is 8.98. The Labute approximate surface area is 168 Å². The van der Waals surface area contributed by atoms with Crippen molar-refractivity contribution in [3.63, 3.8) is 0 Å². The molecule has 0 aliphatic heterocycles. The van der Waals surface area contributed by atoms with Crippen molar-refractivity contribution in [3.8, 4) is 11.4 Å². The Morgan fingerprint density at radius 2 is 1.21 bits per heavy atom. The third kappa shape index (κ3) is 5.53. The summed E-state index contributed by atoms with van der Waals surface area (Å²) in [5.41, 5.74) is 10.4. The number of hydrogen-bond donors (Lipinski definition) is 0. The zero-order valence-corrected chi connectivity index (χ0v) is 18.4. The predicted octanol–water partition coefficient (Wildman–Crippen LogP) is 3.77. The van der Waals surface area contributed by atoms with Crippen molar-refractivity contribution < 1.29 is 17.5 Å². The van der Waals surface area contributed by atoms with Gasteiger partial charge in [-0.2, -0.15) is 0 Å². The third-order valence-corrected chi connectivity index (χ3v) is 4.42. The van der Waals surface area contributed by atoms with E-state index in [1.54, 1.807) is 0 Å². The van der Waals surface area contributed by atoms with E-state index in [1.165, 1.54) is 44.8 Å². The second kappa shape index (κ2) is 8.29. The molecule has 3 aromatic rings. The van der Waals surface area contributed by atoms with Crippen LogP contribution in [0.25, 0.3) is 11.4 Å². The molecule has 0 amide bonds. The topological polar surface area (TPSA) is 66.0 Å². The van der Waals surface area contributed by atoms with Crippen LogP contribution < -0.4 is 4.57 Å². The van der Waals surface area contributed by atoms with Gasteiger partial charge in [-0.15, -0.1) is 0 Å². The van der Waals surface area contributed by atoms with Gasteiger partial charge in [-0.05, 0) is 63.8 Å². The summed E-state index contributed by atoms with van der Waals surface area (Å²) in [6.07, 6.45) is 7.06. The van der Waals surface area contributed by atoms with E-state index >= 15 is 0 Å². The van der Waals surface area contributed by atoms with Crippen molar-refractivity contribution in [2.24, 2.45) is 0 Å². The van der Waals surface area contributed by atoms with E-state index < -0.39 is 10.1 Å². The SMILES string of the molecule is CS(=O)(=O)[O-].Cc1cc(C)c(-n2cc[n+](-c3c(C)cc(C)cc3C)c2)c(C)c1. The quantitative estimate of drug-likeness (QED) is 0.486. The molecule has 0 atom stereocenters. The van der Waals surface area contributed by atoms with Crippen LogP contribution in [0.2, 0.25) is 0 Å². The highest BCUT2D eigenvalue weighted by molar-refractivity contribution is 7.84. The van der Waals surface area contributed by atoms with Crippen LogP contribution in [0.1, 0.15) is 33.4 Å². The molecule has 0 spiro atoms. The number of hydrogen-bond acceptors (Lipinski definition) is 3. The Kier molecular flexibility index (Phi) is 6.47. The molecule has 0 N–H and O–H groups in total. The van der Waals surface area contributed by atoms with E-state index in [-0.39, 0.29) is 0 Å². The number of aromatic nitrogens is 2. The molecule has 0 saturated carbocycles. The fourth-order valence-electron chi connectivity index (χ4n) is 3.78. The molecule has 0 fully saturated rings. The fourth-order valence-corrected chi connectivity index (χ4v) is 3.78. The van der Waals surface area contributed by atoms with Gasteiger partial charge in [0, 0.05) is 6.26 Å². The molecule has 6 heteroatoms. The average molecular weight is 401 g/mol. The van der Waals surface area contributed by atoms with E-state index in [9.17, 15) is 0 Å². The van der Waals surface area contributed by atoms with Gasteiger partial charge >= 0.3 is 0 Å². The molecule has 2 aromatic carbocycles. The maximum Gasteiger partial charge on any atom is 0.254 e. The minimum atomic E-state index is -3.92. The zero-order valence-electron chi connectivity index (χ0n) is 17.6. The summed E-state index contributed by atoms with van der Waals surface area (Å²) >= 11 is 0. The lowest BCUT2D eigenvalue weighted by Gasteiger charge is -2.08.